The van der Waals surface area contributed by atoms with E-state index in [4.69, 9.17) is 11.6 Å². The first-order valence-corrected chi connectivity index (χ1v) is 10.2. The van der Waals surface area contributed by atoms with Crippen LogP contribution in [0.1, 0.15) is 12.0 Å². The van der Waals surface area contributed by atoms with Crippen molar-refractivity contribution in [2.45, 2.75) is 17.6 Å². The summed E-state index contributed by atoms with van der Waals surface area (Å²) in [5.41, 5.74) is 0.454. The van der Waals surface area contributed by atoms with Gasteiger partial charge in [0.05, 0.1) is 10.6 Å². The first-order chi connectivity index (χ1) is 12.9. The molecule has 2 aromatic rings. The van der Waals surface area contributed by atoms with Gasteiger partial charge in [0.1, 0.15) is 0 Å². The lowest BCUT2D eigenvalue weighted by molar-refractivity contribution is -0.137. The molecule has 0 bridgehead atoms. The summed E-state index contributed by atoms with van der Waals surface area (Å²) in [4.78, 5) is 8.65. The van der Waals surface area contributed by atoms with Crippen LogP contribution in [0, 0.1) is 0 Å². The van der Waals surface area contributed by atoms with E-state index in [1.54, 1.807) is 0 Å². The van der Waals surface area contributed by atoms with Crippen molar-refractivity contribution in [1.82, 2.24) is 9.88 Å². The van der Waals surface area contributed by atoms with Crippen molar-refractivity contribution in [3.05, 3.63) is 53.2 Å². The summed E-state index contributed by atoms with van der Waals surface area (Å²) in [6.45, 7) is 4.91. The van der Waals surface area contributed by atoms with Gasteiger partial charge in [0.2, 0.25) is 0 Å². The average molecular weight is 416 g/mol. The third kappa shape index (κ3) is 6.02. The first kappa shape index (κ1) is 20.3. The Morgan fingerprint density at radius 3 is 2.48 bits per heavy atom. The van der Waals surface area contributed by atoms with Crippen molar-refractivity contribution in [1.29, 1.82) is 0 Å². The van der Waals surface area contributed by atoms with Crippen LogP contribution in [0.2, 0.25) is 5.02 Å². The lowest BCUT2D eigenvalue weighted by Gasteiger charge is -2.36. The van der Waals surface area contributed by atoms with Crippen LogP contribution in [0.5, 0.6) is 0 Å². The summed E-state index contributed by atoms with van der Waals surface area (Å²) >= 11 is 7.56. The summed E-state index contributed by atoms with van der Waals surface area (Å²) in [5.74, 6) is 0.840. The number of nitrogens with zero attached hydrogens (tertiary/aromatic N) is 3. The van der Waals surface area contributed by atoms with Crippen LogP contribution in [0.4, 0.5) is 18.9 Å². The van der Waals surface area contributed by atoms with Gasteiger partial charge >= 0.3 is 6.18 Å². The molecule has 0 N–H and O–H groups in total. The minimum atomic E-state index is -4.33. The number of piperazine rings is 1. The molecule has 0 amide bonds. The smallest absolute Gasteiger partial charge is 0.369 e. The zero-order chi connectivity index (χ0) is 19.3. The van der Waals surface area contributed by atoms with E-state index in [1.165, 1.54) is 17.8 Å². The Kier molecular flexibility index (Phi) is 6.89. The van der Waals surface area contributed by atoms with Crippen LogP contribution < -0.4 is 4.90 Å². The molecule has 0 saturated carbocycles. The number of anilines is 1. The SMILES string of the molecule is FC(F)(F)c1ccc(SCCCN2CCN(c3cccc(Cl)c3)CC2)nc1. The summed E-state index contributed by atoms with van der Waals surface area (Å²) in [7, 11) is 0. The van der Waals surface area contributed by atoms with E-state index in [1.807, 2.05) is 18.2 Å². The zero-order valence-electron chi connectivity index (χ0n) is 14.8. The minimum Gasteiger partial charge on any atom is -0.369 e. The van der Waals surface area contributed by atoms with E-state index >= 15 is 0 Å². The summed E-state index contributed by atoms with van der Waals surface area (Å²) in [6, 6.07) is 10.4. The second-order valence-electron chi connectivity index (χ2n) is 6.39. The van der Waals surface area contributed by atoms with E-state index in [0.29, 0.717) is 5.03 Å². The Labute approximate surface area is 166 Å². The van der Waals surface area contributed by atoms with E-state index in [2.05, 4.69) is 20.9 Å². The number of alkyl halides is 3. The normalized spacial score (nSPS) is 15.9. The molecule has 0 spiro atoms. The highest BCUT2D eigenvalue weighted by Crippen LogP contribution is 2.29. The van der Waals surface area contributed by atoms with Crippen LogP contribution in [0.3, 0.4) is 0 Å². The fourth-order valence-corrected chi connectivity index (χ4v) is 3.96. The number of pyridine rings is 1. The van der Waals surface area contributed by atoms with E-state index < -0.39 is 11.7 Å². The maximum Gasteiger partial charge on any atom is 0.417 e. The van der Waals surface area contributed by atoms with Crippen molar-refractivity contribution in [2.24, 2.45) is 0 Å². The molecule has 1 fully saturated rings. The van der Waals surface area contributed by atoms with Crippen molar-refractivity contribution >= 4 is 29.1 Å². The van der Waals surface area contributed by atoms with Crippen molar-refractivity contribution < 1.29 is 13.2 Å². The number of benzene rings is 1. The molecule has 1 aliphatic heterocycles. The summed E-state index contributed by atoms with van der Waals surface area (Å²) in [5, 5.41) is 1.39. The molecular weight excluding hydrogens is 395 g/mol. The predicted octanol–water partition coefficient (Wildman–Crippen LogP) is 5.06. The minimum absolute atomic E-state index is 0.633. The molecule has 1 aromatic carbocycles. The van der Waals surface area contributed by atoms with Crippen LogP contribution in [-0.2, 0) is 6.18 Å². The second kappa shape index (κ2) is 9.17. The largest absolute Gasteiger partial charge is 0.417 e. The molecule has 27 heavy (non-hydrogen) atoms. The van der Waals surface area contributed by atoms with Gasteiger partial charge in [-0.05, 0) is 43.3 Å². The van der Waals surface area contributed by atoms with Crippen LogP contribution in [0.25, 0.3) is 0 Å². The number of rotatable bonds is 6. The van der Waals surface area contributed by atoms with Gasteiger partial charge in [-0.25, -0.2) is 4.98 Å². The van der Waals surface area contributed by atoms with Gasteiger partial charge in [0.15, 0.2) is 0 Å². The first-order valence-electron chi connectivity index (χ1n) is 8.81. The molecular formula is C19H21ClF3N3S. The standard InChI is InChI=1S/C19H21ClF3N3S/c20-16-3-1-4-17(13-16)26-10-8-25(9-11-26)7-2-12-27-18-6-5-15(14-24-18)19(21,22)23/h1,3-6,13-14H,2,7-12H2. The molecule has 0 radical (unpaired) electrons. The number of aromatic nitrogens is 1. The molecule has 0 aliphatic carbocycles. The van der Waals surface area contributed by atoms with Gasteiger partial charge in [0, 0.05) is 48.8 Å². The highest BCUT2D eigenvalue weighted by molar-refractivity contribution is 7.99. The lowest BCUT2D eigenvalue weighted by atomic mass is 10.2. The number of hydrogen-bond acceptors (Lipinski definition) is 4. The van der Waals surface area contributed by atoms with E-state index in [9.17, 15) is 13.2 Å². The van der Waals surface area contributed by atoms with E-state index in [0.717, 1.165) is 67.9 Å². The molecule has 1 saturated heterocycles. The molecule has 0 unspecified atom stereocenters. The quantitative estimate of drug-likeness (QED) is 0.485. The molecule has 3 rings (SSSR count). The Bertz CT molecular complexity index is 732. The van der Waals surface area contributed by atoms with Crippen LogP contribution >= 0.6 is 23.4 Å². The van der Waals surface area contributed by atoms with Gasteiger partial charge in [-0.2, -0.15) is 13.2 Å². The molecule has 8 heteroatoms. The molecule has 1 aliphatic rings. The highest BCUT2D eigenvalue weighted by atomic mass is 35.5. The number of halogens is 4. The van der Waals surface area contributed by atoms with Crippen molar-refractivity contribution in [3.63, 3.8) is 0 Å². The lowest BCUT2D eigenvalue weighted by Crippen LogP contribution is -2.46. The third-order valence-electron chi connectivity index (χ3n) is 4.48. The molecule has 2 heterocycles. The summed E-state index contributed by atoms with van der Waals surface area (Å²) < 4.78 is 37.6. The maximum atomic E-state index is 12.5. The van der Waals surface area contributed by atoms with Gasteiger partial charge < -0.3 is 4.90 Å². The zero-order valence-corrected chi connectivity index (χ0v) is 16.3. The fourth-order valence-electron chi connectivity index (χ4n) is 3.00. The Morgan fingerprint density at radius 2 is 1.85 bits per heavy atom. The Balaban J connectivity index is 1.36. The molecule has 1 aromatic heterocycles. The van der Waals surface area contributed by atoms with Crippen molar-refractivity contribution in [2.75, 3.05) is 43.4 Å². The summed E-state index contributed by atoms with van der Waals surface area (Å²) in [6.07, 6.45) is -2.45. The number of thioether (sulfide) groups is 1. The number of hydrogen-bond donors (Lipinski definition) is 0. The Morgan fingerprint density at radius 1 is 1.07 bits per heavy atom. The maximum absolute atomic E-state index is 12.5. The molecule has 146 valence electrons. The van der Waals surface area contributed by atoms with Gasteiger partial charge in [0.25, 0.3) is 0 Å². The predicted molar refractivity (Wildman–Crippen MR) is 105 cm³/mol. The average Bonchev–Trinajstić information content (AvgIpc) is 2.65. The topological polar surface area (TPSA) is 19.4 Å². The second-order valence-corrected chi connectivity index (χ2v) is 7.95. The monoisotopic (exact) mass is 415 g/mol. The highest BCUT2D eigenvalue weighted by Gasteiger charge is 2.30. The van der Waals surface area contributed by atoms with Crippen molar-refractivity contribution in [3.8, 4) is 0 Å². The van der Waals surface area contributed by atoms with Gasteiger partial charge in [-0.1, -0.05) is 17.7 Å². The van der Waals surface area contributed by atoms with Crippen LogP contribution in [-0.4, -0.2) is 48.4 Å². The van der Waals surface area contributed by atoms with Crippen LogP contribution in [0.15, 0.2) is 47.6 Å². The fraction of sp³-hybridized carbons (Fsp3) is 0.421. The van der Waals surface area contributed by atoms with Gasteiger partial charge in [-0.3, -0.25) is 4.90 Å². The molecule has 3 nitrogen and oxygen atoms in total. The third-order valence-corrected chi connectivity index (χ3v) is 5.74. The molecule has 0 atom stereocenters. The Hall–Kier alpha value is -1.44. The van der Waals surface area contributed by atoms with Gasteiger partial charge in [-0.15, -0.1) is 11.8 Å². The van der Waals surface area contributed by atoms with E-state index in [-0.39, 0.29) is 0 Å².